The van der Waals surface area contributed by atoms with Crippen molar-refractivity contribution in [2.75, 3.05) is 19.5 Å². The Morgan fingerprint density at radius 1 is 0.963 bits per heavy atom. The topological polar surface area (TPSA) is 56.3 Å². The zero-order valence-electron chi connectivity index (χ0n) is 15.0. The minimum Gasteiger partial charge on any atom is -0.493 e. The molecule has 3 aromatic rings. The van der Waals surface area contributed by atoms with Gasteiger partial charge in [0.1, 0.15) is 5.82 Å². The molecule has 0 atom stereocenters. The average molecular weight is 377 g/mol. The molecule has 0 saturated carbocycles. The number of nitrogens with one attached hydrogen (secondary N) is 1. The maximum atomic E-state index is 13.1. The molecule has 27 heavy (non-hydrogen) atoms. The Morgan fingerprint density at radius 2 is 1.70 bits per heavy atom. The van der Waals surface area contributed by atoms with E-state index >= 15 is 0 Å². The van der Waals surface area contributed by atoms with Gasteiger partial charge in [-0.2, -0.15) is 13.2 Å². The highest BCUT2D eigenvalue weighted by Gasteiger charge is 2.35. The second kappa shape index (κ2) is 7.30. The van der Waals surface area contributed by atoms with E-state index < -0.39 is 12.0 Å². The van der Waals surface area contributed by atoms with E-state index in [0.29, 0.717) is 16.9 Å². The fraction of sp³-hybridized carbons (Fsp3) is 0.263. The van der Waals surface area contributed by atoms with Crippen LogP contribution in [0.3, 0.4) is 0 Å². The molecular formula is C19H18F3N3O2. The molecule has 0 aliphatic rings. The van der Waals surface area contributed by atoms with Crippen molar-refractivity contribution in [3.05, 3.63) is 53.3 Å². The van der Waals surface area contributed by atoms with Gasteiger partial charge in [-0.3, -0.25) is 0 Å². The molecule has 0 spiro atoms. The Bertz CT molecular complexity index is 974. The zero-order valence-corrected chi connectivity index (χ0v) is 15.0. The molecule has 0 aliphatic heterocycles. The van der Waals surface area contributed by atoms with Crippen LogP contribution in [0.2, 0.25) is 0 Å². The van der Waals surface area contributed by atoms with Gasteiger partial charge in [-0.25, -0.2) is 9.97 Å². The van der Waals surface area contributed by atoms with Gasteiger partial charge in [-0.1, -0.05) is 17.7 Å². The van der Waals surface area contributed by atoms with Crippen LogP contribution < -0.4 is 14.8 Å². The van der Waals surface area contributed by atoms with Gasteiger partial charge in [0.15, 0.2) is 11.5 Å². The van der Waals surface area contributed by atoms with E-state index in [-0.39, 0.29) is 17.9 Å². The third-order valence-electron chi connectivity index (χ3n) is 4.01. The summed E-state index contributed by atoms with van der Waals surface area (Å²) in [6, 6.07) is 10.3. The van der Waals surface area contributed by atoms with Crippen LogP contribution in [0, 0.1) is 6.92 Å². The third-order valence-corrected chi connectivity index (χ3v) is 4.01. The van der Waals surface area contributed by atoms with Gasteiger partial charge in [0.2, 0.25) is 5.82 Å². The Labute approximate surface area is 154 Å². The van der Waals surface area contributed by atoms with E-state index in [2.05, 4.69) is 15.3 Å². The largest absolute Gasteiger partial charge is 0.493 e. The van der Waals surface area contributed by atoms with Crippen LogP contribution in [0.15, 0.2) is 36.4 Å². The standard InChI is InChI=1S/C19H18F3N3O2/c1-11-4-6-14-13(8-11)17(25-18(24-14)19(20,21)22)23-10-12-5-7-15(26-2)16(9-12)27-3/h4-9H,10H2,1-3H3,(H,23,24,25). The van der Waals surface area contributed by atoms with Gasteiger partial charge in [0.25, 0.3) is 0 Å². The van der Waals surface area contributed by atoms with Crippen molar-refractivity contribution in [2.24, 2.45) is 0 Å². The predicted molar refractivity (Wildman–Crippen MR) is 96.1 cm³/mol. The van der Waals surface area contributed by atoms with E-state index in [1.165, 1.54) is 14.2 Å². The molecule has 1 heterocycles. The second-order valence-corrected chi connectivity index (χ2v) is 5.96. The lowest BCUT2D eigenvalue weighted by Crippen LogP contribution is -2.13. The number of aromatic nitrogens is 2. The maximum Gasteiger partial charge on any atom is 0.451 e. The number of hydrogen-bond acceptors (Lipinski definition) is 5. The molecule has 0 unspecified atom stereocenters. The zero-order chi connectivity index (χ0) is 19.6. The fourth-order valence-electron chi connectivity index (χ4n) is 2.68. The Balaban J connectivity index is 1.97. The molecule has 0 radical (unpaired) electrons. The van der Waals surface area contributed by atoms with Crippen LogP contribution in [0.4, 0.5) is 19.0 Å². The van der Waals surface area contributed by atoms with Crippen LogP contribution in [-0.2, 0) is 12.7 Å². The highest BCUT2D eigenvalue weighted by Crippen LogP contribution is 2.31. The summed E-state index contributed by atoms with van der Waals surface area (Å²) in [5.41, 5.74) is 1.94. The fourth-order valence-corrected chi connectivity index (χ4v) is 2.68. The lowest BCUT2D eigenvalue weighted by atomic mass is 10.1. The minimum atomic E-state index is -4.63. The highest BCUT2D eigenvalue weighted by atomic mass is 19.4. The van der Waals surface area contributed by atoms with E-state index in [1.807, 2.05) is 6.92 Å². The highest BCUT2D eigenvalue weighted by molar-refractivity contribution is 5.89. The van der Waals surface area contributed by atoms with E-state index in [9.17, 15) is 13.2 Å². The summed E-state index contributed by atoms with van der Waals surface area (Å²) >= 11 is 0. The Morgan fingerprint density at radius 3 is 2.37 bits per heavy atom. The van der Waals surface area contributed by atoms with Crippen molar-refractivity contribution in [3.63, 3.8) is 0 Å². The number of ether oxygens (including phenoxy) is 2. The molecule has 5 nitrogen and oxygen atoms in total. The van der Waals surface area contributed by atoms with Crippen molar-refractivity contribution in [2.45, 2.75) is 19.6 Å². The van der Waals surface area contributed by atoms with Gasteiger partial charge in [-0.05, 0) is 36.8 Å². The summed E-state index contributed by atoms with van der Waals surface area (Å²) in [4.78, 5) is 7.34. The number of alkyl halides is 3. The van der Waals surface area contributed by atoms with Gasteiger partial charge < -0.3 is 14.8 Å². The first-order valence-electron chi connectivity index (χ1n) is 8.12. The van der Waals surface area contributed by atoms with E-state index in [1.54, 1.807) is 36.4 Å². The summed E-state index contributed by atoms with van der Waals surface area (Å²) in [5.74, 6) is 0.0689. The van der Waals surface area contributed by atoms with E-state index in [4.69, 9.17) is 9.47 Å². The van der Waals surface area contributed by atoms with Crippen molar-refractivity contribution in [3.8, 4) is 11.5 Å². The summed E-state index contributed by atoms with van der Waals surface area (Å²) in [6.45, 7) is 2.12. The number of halogens is 3. The molecule has 3 rings (SSSR count). The van der Waals surface area contributed by atoms with Crippen LogP contribution in [0.5, 0.6) is 11.5 Å². The molecule has 2 aromatic carbocycles. The second-order valence-electron chi connectivity index (χ2n) is 5.96. The maximum absolute atomic E-state index is 13.1. The number of rotatable bonds is 5. The number of benzene rings is 2. The van der Waals surface area contributed by atoms with Gasteiger partial charge in [-0.15, -0.1) is 0 Å². The van der Waals surface area contributed by atoms with Crippen molar-refractivity contribution in [1.82, 2.24) is 9.97 Å². The van der Waals surface area contributed by atoms with Crippen LogP contribution in [0.25, 0.3) is 10.9 Å². The van der Waals surface area contributed by atoms with Crippen LogP contribution in [-0.4, -0.2) is 24.2 Å². The lowest BCUT2D eigenvalue weighted by molar-refractivity contribution is -0.144. The van der Waals surface area contributed by atoms with Crippen LogP contribution in [0.1, 0.15) is 17.0 Å². The quantitative estimate of drug-likeness (QED) is 0.705. The van der Waals surface area contributed by atoms with Crippen molar-refractivity contribution >= 4 is 16.7 Å². The SMILES string of the molecule is COc1ccc(CNc2nc(C(F)(F)F)nc3ccc(C)cc23)cc1OC. The first-order valence-corrected chi connectivity index (χ1v) is 8.12. The first kappa shape index (κ1) is 18.8. The Kier molecular flexibility index (Phi) is 5.07. The summed E-state index contributed by atoms with van der Waals surface area (Å²) in [6.07, 6.45) is -4.63. The van der Waals surface area contributed by atoms with Gasteiger partial charge in [0, 0.05) is 11.9 Å². The first-order chi connectivity index (χ1) is 12.8. The summed E-state index contributed by atoms with van der Waals surface area (Å²) in [7, 11) is 3.05. The van der Waals surface area contributed by atoms with Crippen molar-refractivity contribution < 1.29 is 22.6 Å². The smallest absolute Gasteiger partial charge is 0.451 e. The Hall–Kier alpha value is -3.03. The molecule has 0 amide bonds. The number of aryl methyl sites for hydroxylation is 1. The van der Waals surface area contributed by atoms with Gasteiger partial charge in [0.05, 0.1) is 19.7 Å². The third kappa shape index (κ3) is 4.05. The van der Waals surface area contributed by atoms with Crippen molar-refractivity contribution in [1.29, 1.82) is 0 Å². The number of fused-ring (bicyclic) bond motifs is 1. The average Bonchev–Trinajstić information content (AvgIpc) is 2.64. The molecule has 0 bridgehead atoms. The summed E-state index contributed by atoms with van der Waals surface area (Å²) in [5, 5.41) is 3.52. The molecule has 0 aliphatic carbocycles. The minimum absolute atomic E-state index is 0.130. The molecule has 1 N–H and O–H groups in total. The summed E-state index contributed by atoms with van der Waals surface area (Å²) < 4.78 is 49.9. The lowest BCUT2D eigenvalue weighted by Gasteiger charge is -2.14. The predicted octanol–water partition coefficient (Wildman–Crippen LogP) is 4.59. The molecule has 8 heteroatoms. The van der Waals surface area contributed by atoms with E-state index in [0.717, 1.165) is 11.1 Å². The molecule has 0 fully saturated rings. The molecule has 0 saturated heterocycles. The number of methoxy groups -OCH3 is 2. The molecule has 142 valence electrons. The van der Waals surface area contributed by atoms with Crippen LogP contribution >= 0.6 is 0 Å². The molecule has 1 aromatic heterocycles. The van der Waals surface area contributed by atoms with Gasteiger partial charge >= 0.3 is 6.18 Å². The number of hydrogen-bond donors (Lipinski definition) is 1. The normalized spacial score (nSPS) is 11.5. The number of nitrogens with zero attached hydrogens (tertiary/aromatic N) is 2. The molecular weight excluding hydrogens is 359 g/mol. The monoisotopic (exact) mass is 377 g/mol. The number of anilines is 1.